The summed E-state index contributed by atoms with van der Waals surface area (Å²) in [5.74, 6) is 0.267. The van der Waals surface area contributed by atoms with Crippen molar-refractivity contribution in [2.75, 3.05) is 19.0 Å². The number of carbonyl (C=O) groups excluding carboxylic acids is 2. The number of para-hydroxylation sites is 1. The van der Waals surface area contributed by atoms with Gasteiger partial charge in [-0.1, -0.05) is 34.1 Å². The molecule has 32 heavy (non-hydrogen) atoms. The molecule has 0 unspecified atom stereocenters. The number of nitrogens with zero attached hydrogens (tertiary/aromatic N) is 1. The molecule has 0 aromatic heterocycles. The predicted molar refractivity (Wildman–Crippen MR) is 127 cm³/mol. The van der Waals surface area contributed by atoms with E-state index in [2.05, 4.69) is 31.8 Å². The number of aryl methyl sites for hydroxylation is 1. The van der Waals surface area contributed by atoms with Crippen molar-refractivity contribution >= 4 is 39.6 Å². The first-order valence-corrected chi connectivity index (χ1v) is 10.5. The van der Waals surface area contributed by atoms with Crippen molar-refractivity contribution in [2.24, 2.45) is 5.10 Å². The molecule has 7 nitrogen and oxygen atoms in total. The smallest absolute Gasteiger partial charge is 0.271 e. The van der Waals surface area contributed by atoms with Crippen molar-refractivity contribution in [3.63, 3.8) is 0 Å². The second kappa shape index (κ2) is 11.1. The summed E-state index contributed by atoms with van der Waals surface area (Å²) in [6.45, 7) is 1.75. The number of hydrazone groups is 1. The van der Waals surface area contributed by atoms with E-state index in [0.717, 1.165) is 15.7 Å². The highest BCUT2D eigenvalue weighted by molar-refractivity contribution is 9.10. The summed E-state index contributed by atoms with van der Waals surface area (Å²) < 4.78 is 11.9. The molecule has 8 heteroatoms. The minimum Gasteiger partial charge on any atom is -0.493 e. The quantitative estimate of drug-likeness (QED) is 0.354. The van der Waals surface area contributed by atoms with Gasteiger partial charge in [-0.15, -0.1) is 0 Å². The number of anilines is 1. The van der Waals surface area contributed by atoms with Crippen molar-refractivity contribution < 1.29 is 19.1 Å². The summed E-state index contributed by atoms with van der Waals surface area (Å²) in [6.07, 6.45) is 1.49. The molecule has 3 aromatic rings. The standard InChI is InChI=1S/C24H22BrN3O4/c1-16-5-3-4-6-20(16)27-23(29)15-32-21-12-7-17(13-22(21)31-2)14-26-28-24(30)18-8-10-19(25)11-9-18/h3-14H,15H2,1-2H3,(H,27,29)(H,28,30)/b26-14+. The van der Waals surface area contributed by atoms with Crippen LogP contribution in [-0.4, -0.2) is 31.7 Å². The Kier molecular flexibility index (Phi) is 7.99. The van der Waals surface area contributed by atoms with Crippen LogP contribution in [0.5, 0.6) is 11.5 Å². The number of amides is 2. The number of rotatable bonds is 8. The average Bonchev–Trinajstić information content (AvgIpc) is 2.80. The van der Waals surface area contributed by atoms with Gasteiger partial charge in [0, 0.05) is 15.7 Å². The van der Waals surface area contributed by atoms with E-state index in [1.54, 1.807) is 42.5 Å². The Hall–Kier alpha value is -3.65. The second-order valence-electron chi connectivity index (χ2n) is 6.77. The average molecular weight is 496 g/mol. The topological polar surface area (TPSA) is 89.0 Å². The van der Waals surface area contributed by atoms with Gasteiger partial charge in [-0.3, -0.25) is 9.59 Å². The maximum atomic E-state index is 12.2. The van der Waals surface area contributed by atoms with Crippen LogP contribution >= 0.6 is 15.9 Å². The van der Waals surface area contributed by atoms with Gasteiger partial charge >= 0.3 is 0 Å². The van der Waals surface area contributed by atoms with Crippen LogP contribution in [-0.2, 0) is 4.79 Å². The molecule has 2 amide bonds. The molecule has 164 valence electrons. The van der Waals surface area contributed by atoms with Gasteiger partial charge in [0.15, 0.2) is 18.1 Å². The van der Waals surface area contributed by atoms with Gasteiger partial charge in [0.1, 0.15) is 0 Å². The fourth-order valence-corrected chi connectivity index (χ4v) is 3.02. The predicted octanol–water partition coefficient (Wildman–Crippen LogP) is 4.55. The van der Waals surface area contributed by atoms with Crippen molar-refractivity contribution in [3.05, 3.63) is 87.9 Å². The van der Waals surface area contributed by atoms with Crippen molar-refractivity contribution in [1.29, 1.82) is 0 Å². The maximum Gasteiger partial charge on any atom is 0.271 e. The van der Waals surface area contributed by atoms with Crippen LogP contribution in [0, 0.1) is 6.92 Å². The van der Waals surface area contributed by atoms with E-state index in [0.29, 0.717) is 22.6 Å². The molecule has 0 aliphatic rings. The van der Waals surface area contributed by atoms with E-state index in [1.165, 1.54) is 13.3 Å². The molecule has 0 fully saturated rings. The molecule has 0 aliphatic carbocycles. The van der Waals surface area contributed by atoms with E-state index in [1.807, 2.05) is 31.2 Å². The van der Waals surface area contributed by atoms with Crippen LogP contribution in [0.25, 0.3) is 0 Å². The normalized spacial score (nSPS) is 10.6. The molecule has 0 aliphatic heterocycles. The van der Waals surface area contributed by atoms with Crippen molar-refractivity contribution in [1.82, 2.24) is 5.43 Å². The summed E-state index contributed by atoms with van der Waals surface area (Å²) in [6, 6.07) is 19.6. The number of benzene rings is 3. The molecule has 0 saturated heterocycles. The van der Waals surface area contributed by atoms with Gasteiger partial charge in [0.2, 0.25) is 0 Å². The lowest BCUT2D eigenvalue weighted by Gasteiger charge is -2.12. The van der Waals surface area contributed by atoms with Crippen molar-refractivity contribution in [3.8, 4) is 11.5 Å². The molecule has 0 spiro atoms. The number of hydrogen-bond donors (Lipinski definition) is 2. The SMILES string of the molecule is COc1cc(/C=N/NC(=O)c2ccc(Br)cc2)ccc1OCC(=O)Nc1ccccc1C. The summed E-state index contributed by atoms with van der Waals surface area (Å²) in [5.41, 5.74) is 5.37. The first-order chi connectivity index (χ1) is 15.5. The van der Waals surface area contributed by atoms with Crippen LogP contribution in [0.2, 0.25) is 0 Å². The summed E-state index contributed by atoms with van der Waals surface area (Å²) in [7, 11) is 1.51. The molecule has 3 rings (SSSR count). The van der Waals surface area contributed by atoms with Gasteiger partial charge in [-0.25, -0.2) is 5.43 Å². The highest BCUT2D eigenvalue weighted by atomic mass is 79.9. The van der Waals surface area contributed by atoms with Crippen LogP contribution in [0.1, 0.15) is 21.5 Å². The maximum absolute atomic E-state index is 12.2. The second-order valence-corrected chi connectivity index (χ2v) is 7.68. The van der Waals surface area contributed by atoms with Crippen molar-refractivity contribution in [2.45, 2.75) is 6.92 Å². The number of carbonyl (C=O) groups is 2. The van der Waals surface area contributed by atoms with Crippen LogP contribution < -0.4 is 20.2 Å². The van der Waals surface area contributed by atoms with Crippen LogP contribution in [0.15, 0.2) is 76.3 Å². The van der Waals surface area contributed by atoms with E-state index in [-0.39, 0.29) is 18.4 Å². The third-order valence-electron chi connectivity index (χ3n) is 4.45. The zero-order chi connectivity index (χ0) is 22.9. The van der Waals surface area contributed by atoms with Crippen LogP contribution in [0.3, 0.4) is 0 Å². The molecule has 0 saturated carbocycles. The lowest BCUT2D eigenvalue weighted by Crippen LogP contribution is -2.20. The Balaban J connectivity index is 1.57. The Morgan fingerprint density at radius 1 is 1.03 bits per heavy atom. The number of hydrogen-bond acceptors (Lipinski definition) is 5. The Morgan fingerprint density at radius 3 is 2.50 bits per heavy atom. The Labute approximate surface area is 194 Å². The molecule has 0 radical (unpaired) electrons. The van der Waals surface area contributed by atoms with Gasteiger partial charge < -0.3 is 14.8 Å². The third kappa shape index (κ3) is 6.42. The summed E-state index contributed by atoms with van der Waals surface area (Å²) in [5, 5.41) is 6.79. The Morgan fingerprint density at radius 2 is 1.78 bits per heavy atom. The molecule has 2 N–H and O–H groups in total. The molecule has 3 aromatic carbocycles. The highest BCUT2D eigenvalue weighted by Gasteiger charge is 2.10. The van der Waals surface area contributed by atoms with Gasteiger partial charge in [0.05, 0.1) is 13.3 Å². The molecule has 0 atom stereocenters. The van der Waals surface area contributed by atoms with Gasteiger partial charge in [-0.2, -0.15) is 5.10 Å². The lowest BCUT2D eigenvalue weighted by atomic mass is 10.2. The monoisotopic (exact) mass is 495 g/mol. The fourth-order valence-electron chi connectivity index (χ4n) is 2.76. The third-order valence-corrected chi connectivity index (χ3v) is 4.98. The van der Waals surface area contributed by atoms with E-state index >= 15 is 0 Å². The first kappa shape index (κ1) is 23.0. The van der Waals surface area contributed by atoms with Gasteiger partial charge in [-0.05, 0) is 66.6 Å². The number of ether oxygens (including phenoxy) is 2. The minimum absolute atomic E-state index is 0.165. The highest BCUT2D eigenvalue weighted by Crippen LogP contribution is 2.27. The van der Waals surface area contributed by atoms with Gasteiger partial charge in [0.25, 0.3) is 11.8 Å². The zero-order valence-corrected chi connectivity index (χ0v) is 19.2. The molecule has 0 heterocycles. The first-order valence-electron chi connectivity index (χ1n) is 9.71. The molecule has 0 bridgehead atoms. The largest absolute Gasteiger partial charge is 0.493 e. The van der Waals surface area contributed by atoms with E-state index in [9.17, 15) is 9.59 Å². The summed E-state index contributed by atoms with van der Waals surface area (Å²) in [4.78, 5) is 24.3. The number of halogens is 1. The summed E-state index contributed by atoms with van der Waals surface area (Å²) >= 11 is 3.33. The lowest BCUT2D eigenvalue weighted by molar-refractivity contribution is -0.118. The fraction of sp³-hybridized carbons (Fsp3) is 0.125. The van der Waals surface area contributed by atoms with E-state index in [4.69, 9.17) is 9.47 Å². The number of nitrogens with one attached hydrogen (secondary N) is 2. The molecular formula is C24H22BrN3O4. The molecular weight excluding hydrogens is 474 g/mol. The zero-order valence-electron chi connectivity index (χ0n) is 17.6. The van der Waals surface area contributed by atoms with Crippen LogP contribution in [0.4, 0.5) is 5.69 Å². The number of methoxy groups -OCH3 is 1. The minimum atomic E-state index is -0.319. The van der Waals surface area contributed by atoms with E-state index < -0.39 is 0 Å². The Bertz CT molecular complexity index is 1130.